The lowest BCUT2D eigenvalue weighted by molar-refractivity contribution is 0.0755. The first-order chi connectivity index (χ1) is 10.7. The maximum atomic E-state index is 12.0. The van der Waals surface area contributed by atoms with Gasteiger partial charge in [0.15, 0.2) is 0 Å². The molecule has 0 spiro atoms. The zero-order chi connectivity index (χ0) is 15.5. The quantitative estimate of drug-likeness (QED) is 0.777. The van der Waals surface area contributed by atoms with Gasteiger partial charge < -0.3 is 19.1 Å². The van der Waals surface area contributed by atoms with Gasteiger partial charge in [0.1, 0.15) is 11.6 Å². The molecule has 0 aliphatic rings. The van der Waals surface area contributed by atoms with Crippen molar-refractivity contribution >= 4 is 16.9 Å². The number of imidazole rings is 1. The first-order valence-corrected chi connectivity index (χ1v) is 6.86. The summed E-state index contributed by atoms with van der Waals surface area (Å²) in [5, 5.41) is 3.54. The number of hydrogen-bond acceptors (Lipinski definition) is 5. The molecule has 0 unspecified atom stereocenters. The molecule has 7 nitrogen and oxygen atoms in total. The first-order valence-electron chi connectivity index (χ1n) is 6.86. The topological polar surface area (TPSA) is 84.2 Å². The molecule has 1 N–H and O–H groups in total. The highest BCUT2D eigenvalue weighted by Gasteiger charge is 2.15. The summed E-state index contributed by atoms with van der Waals surface area (Å²) in [5.41, 5.74) is 1.79. The summed E-state index contributed by atoms with van der Waals surface area (Å²) in [6.07, 6.45) is 2.07. The van der Waals surface area contributed by atoms with Crippen LogP contribution < -0.4 is 4.74 Å². The summed E-state index contributed by atoms with van der Waals surface area (Å²) in [6, 6.07) is 7.21. The van der Waals surface area contributed by atoms with E-state index in [2.05, 4.69) is 15.1 Å². The van der Waals surface area contributed by atoms with E-state index in [4.69, 9.17) is 9.26 Å². The highest BCUT2D eigenvalue weighted by molar-refractivity contribution is 5.91. The Kier molecular flexibility index (Phi) is 3.78. The predicted molar refractivity (Wildman–Crippen MR) is 79.8 cm³/mol. The van der Waals surface area contributed by atoms with Crippen LogP contribution in [0.3, 0.4) is 0 Å². The average Bonchev–Trinajstić information content (AvgIpc) is 3.19. The molecule has 1 aromatic carbocycles. The number of rotatable bonds is 5. The Balaban J connectivity index is 1.67. The summed E-state index contributed by atoms with van der Waals surface area (Å²) < 4.78 is 10.0. The number of fused-ring (bicyclic) bond motifs is 1. The predicted octanol–water partition coefficient (Wildman–Crippen LogP) is 1.87. The molecule has 0 saturated heterocycles. The van der Waals surface area contributed by atoms with Crippen molar-refractivity contribution in [3.05, 3.63) is 42.0 Å². The maximum Gasteiger partial charge on any atom is 0.292 e. The van der Waals surface area contributed by atoms with Gasteiger partial charge in [0.05, 0.1) is 24.3 Å². The fourth-order valence-corrected chi connectivity index (χ4v) is 2.18. The maximum absolute atomic E-state index is 12.0. The zero-order valence-corrected chi connectivity index (χ0v) is 12.4. The number of ether oxygens (including phenoxy) is 1. The third-order valence-electron chi connectivity index (χ3n) is 3.42. The van der Waals surface area contributed by atoms with Gasteiger partial charge in [-0.1, -0.05) is 5.16 Å². The van der Waals surface area contributed by atoms with Gasteiger partial charge in [-0.15, -0.1) is 0 Å². The second-order valence-corrected chi connectivity index (χ2v) is 4.92. The van der Waals surface area contributed by atoms with E-state index in [0.717, 1.165) is 22.6 Å². The van der Waals surface area contributed by atoms with Crippen LogP contribution in [0.4, 0.5) is 0 Å². The lowest BCUT2D eigenvalue weighted by Gasteiger charge is -2.14. The number of methoxy groups -OCH3 is 1. The van der Waals surface area contributed by atoms with E-state index in [1.54, 1.807) is 25.1 Å². The lowest BCUT2D eigenvalue weighted by atomic mass is 10.3. The summed E-state index contributed by atoms with van der Waals surface area (Å²) in [4.78, 5) is 21.3. The number of nitrogens with zero attached hydrogens (tertiary/aromatic N) is 3. The molecular weight excluding hydrogens is 284 g/mol. The number of carbonyl (C=O) groups is 1. The number of aromatic amines is 1. The van der Waals surface area contributed by atoms with Crippen molar-refractivity contribution in [3.8, 4) is 5.75 Å². The molecule has 114 valence electrons. The van der Waals surface area contributed by atoms with E-state index in [1.807, 2.05) is 18.2 Å². The molecule has 0 fully saturated rings. The summed E-state index contributed by atoms with van der Waals surface area (Å²) in [6.45, 7) is 0.524. The van der Waals surface area contributed by atoms with Gasteiger partial charge in [0.2, 0.25) is 5.76 Å². The van der Waals surface area contributed by atoms with Gasteiger partial charge in [-0.25, -0.2) is 4.98 Å². The van der Waals surface area contributed by atoms with E-state index >= 15 is 0 Å². The Hall–Kier alpha value is -2.83. The summed E-state index contributed by atoms with van der Waals surface area (Å²) in [5.74, 6) is 1.63. The van der Waals surface area contributed by atoms with Gasteiger partial charge >= 0.3 is 0 Å². The lowest BCUT2D eigenvalue weighted by Crippen LogP contribution is -2.28. The Morgan fingerprint density at radius 2 is 2.27 bits per heavy atom. The molecule has 0 aliphatic heterocycles. The smallest absolute Gasteiger partial charge is 0.292 e. The number of carbonyl (C=O) groups excluding carboxylic acids is 1. The van der Waals surface area contributed by atoms with E-state index < -0.39 is 0 Å². The Morgan fingerprint density at radius 1 is 1.41 bits per heavy atom. The van der Waals surface area contributed by atoms with Gasteiger partial charge in [0, 0.05) is 32.1 Å². The fraction of sp³-hybridized carbons (Fsp3) is 0.267. The fourth-order valence-electron chi connectivity index (χ4n) is 2.18. The number of likely N-dealkylation sites (N-methyl/N-ethyl adjacent to an activating group) is 1. The monoisotopic (exact) mass is 300 g/mol. The molecule has 3 rings (SSSR count). The van der Waals surface area contributed by atoms with Crippen molar-refractivity contribution in [2.75, 3.05) is 20.7 Å². The Labute approximate surface area is 126 Å². The van der Waals surface area contributed by atoms with Crippen molar-refractivity contribution in [2.24, 2.45) is 0 Å². The highest BCUT2D eigenvalue weighted by Crippen LogP contribution is 2.18. The molecular formula is C15H16N4O3. The second-order valence-electron chi connectivity index (χ2n) is 4.92. The van der Waals surface area contributed by atoms with E-state index in [-0.39, 0.29) is 11.7 Å². The van der Waals surface area contributed by atoms with Crippen LogP contribution in [0.2, 0.25) is 0 Å². The summed E-state index contributed by atoms with van der Waals surface area (Å²) in [7, 11) is 3.35. The van der Waals surface area contributed by atoms with Gasteiger partial charge in [0.25, 0.3) is 5.91 Å². The minimum absolute atomic E-state index is 0.199. The molecule has 0 aliphatic carbocycles. The van der Waals surface area contributed by atoms with Crippen LogP contribution in [0, 0.1) is 0 Å². The largest absolute Gasteiger partial charge is 0.497 e. The normalized spacial score (nSPS) is 10.8. The molecule has 0 saturated carbocycles. The number of H-pyrrole nitrogens is 1. The molecule has 22 heavy (non-hydrogen) atoms. The van der Waals surface area contributed by atoms with Crippen molar-refractivity contribution in [2.45, 2.75) is 6.42 Å². The van der Waals surface area contributed by atoms with Crippen LogP contribution in [0.25, 0.3) is 11.0 Å². The van der Waals surface area contributed by atoms with Crippen LogP contribution >= 0.6 is 0 Å². The third-order valence-corrected chi connectivity index (χ3v) is 3.42. The zero-order valence-electron chi connectivity index (χ0n) is 12.4. The molecule has 0 radical (unpaired) electrons. The van der Waals surface area contributed by atoms with Gasteiger partial charge in [-0.05, 0) is 12.1 Å². The molecule has 2 aromatic heterocycles. The van der Waals surface area contributed by atoms with Gasteiger partial charge in [-0.2, -0.15) is 0 Å². The average molecular weight is 300 g/mol. The SMILES string of the molecule is COc1ccc2nc(CCN(C)C(=O)c3ccno3)[nH]c2c1. The first kappa shape index (κ1) is 14.1. The molecule has 2 heterocycles. The van der Waals surface area contributed by atoms with E-state index in [9.17, 15) is 4.79 Å². The molecule has 0 bridgehead atoms. The third kappa shape index (κ3) is 2.78. The van der Waals surface area contributed by atoms with E-state index in [1.165, 1.54) is 6.20 Å². The van der Waals surface area contributed by atoms with Crippen molar-refractivity contribution < 1.29 is 14.1 Å². The van der Waals surface area contributed by atoms with Crippen molar-refractivity contribution in [1.29, 1.82) is 0 Å². The standard InChI is InChI=1S/C15H16N4O3/c1-19(15(20)13-5-7-16-22-13)8-6-14-17-11-4-3-10(21-2)9-12(11)18-14/h3-5,7,9H,6,8H2,1-2H3,(H,17,18). The van der Waals surface area contributed by atoms with Crippen molar-refractivity contribution in [1.82, 2.24) is 20.0 Å². The Morgan fingerprint density at radius 3 is 3.00 bits per heavy atom. The summed E-state index contributed by atoms with van der Waals surface area (Å²) >= 11 is 0. The van der Waals surface area contributed by atoms with Crippen LogP contribution in [-0.4, -0.2) is 46.6 Å². The highest BCUT2D eigenvalue weighted by atomic mass is 16.5. The number of amides is 1. The second kappa shape index (κ2) is 5.88. The van der Waals surface area contributed by atoms with E-state index in [0.29, 0.717) is 13.0 Å². The molecule has 0 atom stereocenters. The minimum atomic E-state index is -0.199. The Bertz CT molecular complexity index is 779. The number of hydrogen-bond donors (Lipinski definition) is 1. The number of benzene rings is 1. The van der Waals surface area contributed by atoms with Crippen LogP contribution in [0.1, 0.15) is 16.4 Å². The molecule has 3 aromatic rings. The molecule has 1 amide bonds. The number of nitrogens with one attached hydrogen (secondary N) is 1. The van der Waals surface area contributed by atoms with Crippen LogP contribution in [-0.2, 0) is 6.42 Å². The number of aromatic nitrogens is 3. The molecule has 7 heteroatoms. The van der Waals surface area contributed by atoms with Crippen molar-refractivity contribution in [3.63, 3.8) is 0 Å². The van der Waals surface area contributed by atoms with Crippen LogP contribution in [0.15, 0.2) is 35.0 Å². The van der Waals surface area contributed by atoms with Gasteiger partial charge in [-0.3, -0.25) is 4.79 Å². The van der Waals surface area contributed by atoms with Crippen LogP contribution in [0.5, 0.6) is 5.75 Å². The minimum Gasteiger partial charge on any atom is -0.497 e.